The molecule has 0 aromatic carbocycles. The number of anilines is 1. The van der Waals surface area contributed by atoms with E-state index in [-0.39, 0.29) is 0 Å². The molecule has 0 amide bonds. The molecule has 0 spiro atoms. The lowest BCUT2D eigenvalue weighted by molar-refractivity contribution is 0.0300. The maximum atomic E-state index is 9.61. The van der Waals surface area contributed by atoms with Crippen molar-refractivity contribution in [1.29, 1.82) is 0 Å². The van der Waals surface area contributed by atoms with Crippen molar-refractivity contribution in [3.05, 3.63) is 6.20 Å². The Morgan fingerprint density at radius 3 is 2.86 bits per heavy atom. The van der Waals surface area contributed by atoms with Crippen molar-refractivity contribution >= 4 is 5.82 Å². The molecule has 1 N–H and O–H groups in total. The Morgan fingerprint density at radius 1 is 1.57 bits per heavy atom. The van der Waals surface area contributed by atoms with Gasteiger partial charge in [0.15, 0.2) is 0 Å². The summed E-state index contributed by atoms with van der Waals surface area (Å²) in [7, 11) is 0. The first kappa shape index (κ1) is 9.45. The number of β-amino-alcohol motifs (C(OH)–C–C–N with tert-alkyl or cyclic N) is 1. The first-order valence-electron chi connectivity index (χ1n) is 4.98. The quantitative estimate of drug-likeness (QED) is 0.753. The Labute approximate surface area is 83.3 Å². The molecule has 78 valence electrons. The van der Waals surface area contributed by atoms with Crippen LogP contribution in [0.15, 0.2) is 6.20 Å². The van der Waals surface area contributed by atoms with Crippen molar-refractivity contribution in [2.75, 3.05) is 18.0 Å². The van der Waals surface area contributed by atoms with Crippen LogP contribution in [0.5, 0.6) is 0 Å². The van der Waals surface area contributed by atoms with Gasteiger partial charge in [-0.25, -0.2) is 4.68 Å². The molecule has 0 radical (unpaired) electrons. The minimum absolute atomic E-state index is 0.540. The third-order valence-corrected chi connectivity index (χ3v) is 2.42. The van der Waals surface area contributed by atoms with E-state index < -0.39 is 5.60 Å². The standard InChI is InChI=1S/C9H16N4O/c1-3-4-13-8(5-10-11-13)12-6-9(2,14)7-12/h5,14H,3-4,6-7H2,1-2H3. The fourth-order valence-corrected chi connectivity index (χ4v) is 1.81. The molecular weight excluding hydrogens is 180 g/mol. The summed E-state index contributed by atoms with van der Waals surface area (Å²) in [5.74, 6) is 1.01. The summed E-state index contributed by atoms with van der Waals surface area (Å²) in [5, 5.41) is 17.5. The van der Waals surface area contributed by atoms with Crippen LogP contribution >= 0.6 is 0 Å². The smallest absolute Gasteiger partial charge is 0.147 e. The molecule has 0 aliphatic carbocycles. The summed E-state index contributed by atoms with van der Waals surface area (Å²) >= 11 is 0. The zero-order valence-electron chi connectivity index (χ0n) is 8.64. The van der Waals surface area contributed by atoms with Gasteiger partial charge in [-0.2, -0.15) is 0 Å². The van der Waals surface area contributed by atoms with Crippen molar-refractivity contribution in [3.8, 4) is 0 Å². The van der Waals surface area contributed by atoms with E-state index in [1.54, 1.807) is 6.20 Å². The van der Waals surface area contributed by atoms with Gasteiger partial charge in [0.1, 0.15) is 5.82 Å². The lowest BCUT2D eigenvalue weighted by atomic mass is 9.97. The molecule has 1 aromatic rings. The van der Waals surface area contributed by atoms with Crippen LogP contribution in [0.4, 0.5) is 5.82 Å². The highest BCUT2D eigenvalue weighted by Crippen LogP contribution is 2.26. The zero-order valence-corrected chi connectivity index (χ0v) is 8.64. The topological polar surface area (TPSA) is 54.2 Å². The van der Waals surface area contributed by atoms with Gasteiger partial charge in [0, 0.05) is 19.6 Å². The van der Waals surface area contributed by atoms with Crippen LogP contribution in [0.25, 0.3) is 0 Å². The molecule has 1 aliphatic rings. The highest BCUT2D eigenvalue weighted by atomic mass is 16.3. The third kappa shape index (κ3) is 1.59. The number of nitrogens with zero attached hydrogens (tertiary/aromatic N) is 4. The van der Waals surface area contributed by atoms with Crippen LogP contribution in [0.3, 0.4) is 0 Å². The molecule has 0 atom stereocenters. The fourth-order valence-electron chi connectivity index (χ4n) is 1.81. The molecule has 1 saturated heterocycles. The average Bonchev–Trinajstić information content (AvgIpc) is 2.48. The number of hydrogen-bond acceptors (Lipinski definition) is 4. The Morgan fingerprint density at radius 2 is 2.29 bits per heavy atom. The Kier molecular flexibility index (Phi) is 2.19. The second kappa shape index (κ2) is 3.24. The lowest BCUT2D eigenvalue weighted by Crippen LogP contribution is -2.60. The van der Waals surface area contributed by atoms with Crippen molar-refractivity contribution in [3.63, 3.8) is 0 Å². The van der Waals surface area contributed by atoms with E-state index in [1.165, 1.54) is 0 Å². The Balaban J connectivity index is 2.06. The molecule has 1 aromatic heterocycles. The summed E-state index contributed by atoms with van der Waals surface area (Å²) in [5.41, 5.74) is -0.540. The first-order valence-corrected chi connectivity index (χ1v) is 4.98. The van der Waals surface area contributed by atoms with Crippen molar-refractivity contribution in [1.82, 2.24) is 15.0 Å². The van der Waals surface area contributed by atoms with Gasteiger partial charge in [-0.15, -0.1) is 5.10 Å². The normalized spacial score (nSPS) is 19.5. The lowest BCUT2D eigenvalue weighted by Gasteiger charge is -2.45. The van der Waals surface area contributed by atoms with E-state index in [9.17, 15) is 5.11 Å². The van der Waals surface area contributed by atoms with Crippen molar-refractivity contribution in [2.45, 2.75) is 32.4 Å². The SMILES string of the molecule is CCCn1nncc1N1CC(C)(O)C1. The molecule has 14 heavy (non-hydrogen) atoms. The van der Waals surface area contributed by atoms with E-state index in [2.05, 4.69) is 22.1 Å². The number of aromatic nitrogens is 3. The molecule has 0 bridgehead atoms. The van der Waals surface area contributed by atoms with E-state index in [0.29, 0.717) is 13.1 Å². The van der Waals surface area contributed by atoms with Crippen molar-refractivity contribution < 1.29 is 5.11 Å². The minimum atomic E-state index is -0.540. The molecule has 1 fully saturated rings. The van der Waals surface area contributed by atoms with Crippen LogP contribution < -0.4 is 4.90 Å². The summed E-state index contributed by atoms with van der Waals surface area (Å²) in [6.45, 7) is 6.18. The van der Waals surface area contributed by atoms with Crippen LogP contribution in [-0.4, -0.2) is 38.8 Å². The molecule has 0 unspecified atom stereocenters. The minimum Gasteiger partial charge on any atom is -0.386 e. The van der Waals surface area contributed by atoms with Crippen LogP contribution in [-0.2, 0) is 6.54 Å². The predicted octanol–water partition coefficient (Wildman–Crippen LogP) is 0.259. The maximum Gasteiger partial charge on any atom is 0.147 e. The highest BCUT2D eigenvalue weighted by molar-refractivity contribution is 5.41. The predicted molar refractivity (Wildman–Crippen MR) is 53.1 cm³/mol. The molecular formula is C9H16N4O. The van der Waals surface area contributed by atoms with E-state index in [1.807, 2.05) is 11.6 Å². The van der Waals surface area contributed by atoms with E-state index in [4.69, 9.17) is 0 Å². The molecule has 0 saturated carbocycles. The molecule has 1 aliphatic heterocycles. The van der Waals surface area contributed by atoms with Gasteiger partial charge in [0.25, 0.3) is 0 Å². The second-order valence-corrected chi connectivity index (χ2v) is 4.17. The fraction of sp³-hybridized carbons (Fsp3) is 0.778. The number of rotatable bonds is 3. The van der Waals surface area contributed by atoms with Gasteiger partial charge in [-0.05, 0) is 13.3 Å². The van der Waals surface area contributed by atoms with Crippen LogP contribution in [0, 0.1) is 0 Å². The third-order valence-electron chi connectivity index (χ3n) is 2.42. The number of aryl methyl sites for hydroxylation is 1. The van der Waals surface area contributed by atoms with Crippen LogP contribution in [0.2, 0.25) is 0 Å². The second-order valence-electron chi connectivity index (χ2n) is 4.17. The molecule has 2 rings (SSSR count). The zero-order chi connectivity index (χ0) is 10.2. The largest absolute Gasteiger partial charge is 0.386 e. The van der Waals surface area contributed by atoms with Gasteiger partial charge in [0.05, 0.1) is 11.8 Å². The maximum absolute atomic E-state index is 9.61. The average molecular weight is 196 g/mol. The van der Waals surface area contributed by atoms with Gasteiger partial charge in [0.2, 0.25) is 0 Å². The number of aliphatic hydroxyl groups is 1. The van der Waals surface area contributed by atoms with E-state index >= 15 is 0 Å². The Bertz CT molecular complexity index is 312. The van der Waals surface area contributed by atoms with E-state index in [0.717, 1.165) is 18.8 Å². The van der Waals surface area contributed by atoms with Gasteiger partial charge >= 0.3 is 0 Å². The number of hydrogen-bond donors (Lipinski definition) is 1. The van der Waals surface area contributed by atoms with Crippen molar-refractivity contribution in [2.24, 2.45) is 0 Å². The summed E-state index contributed by atoms with van der Waals surface area (Å²) < 4.78 is 1.88. The monoisotopic (exact) mass is 196 g/mol. The molecule has 5 heteroatoms. The first-order chi connectivity index (χ1) is 6.62. The highest BCUT2D eigenvalue weighted by Gasteiger charge is 2.38. The van der Waals surface area contributed by atoms with Crippen LogP contribution in [0.1, 0.15) is 20.3 Å². The van der Waals surface area contributed by atoms with Gasteiger partial charge in [-0.3, -0.25) is 0 Å². The van der Waals surface area contributed by atoms with Gasteiger partial charge < -0.3 is 10.0 Å². The molecule has 5 nitrogen and oxygen atoms in total. The summed E-state index contributed by atoms with van der Waals surface area (Å²) in [6, 6.07) is 0. The Hall–Kier alpha value is -1.10. The summed E-state index contributed by atoms with van der Waals surface area (Å²) in [4.78, 5) is 2.09. The summed E-state index contributed by atoms with van der Waals surface area (Å²) in [6.07, 6.45) is 2.80. The molecule has 2 heterocycles. The van der Waals surface area contributed by atoms with Gasteiger partial charge in [-0.1, -0.05) is 12.1 Å².